The topological polar surface area (TPSA) is 26.0 Å². The molecule has 0 bridgehead atoms. The van der Waals surface area contributed by atoms with Crippen LogP contribution in [0.1, 0.15) is 38.7 Å². The van der Waals surface area contributed by atoms with E-state index in [9.17, 15) is 0 Å². The van der Waals surface area contributed by atoms with Crippen molar-refractivity contribution in [2.75, 3.05) is 6.54 Å². The summed E-state index contributed by atoms with van der Waals surface area (Å²) in [5.74, 6) is 1.26. The van der Waals surface area contributed by atoms with E-state index in [0.29, 0.717) is 22.3 Å². The monoisotopic (exact) mass is 299 g/mol. The average Bonchev–Trinajstić information content (AvgIpc) is 2.32. The maximum atomic E-state index is 6.30. The van der Waals surface area contributed by atoms with Crippen LogP contribution in [0.5, 0.6) is 0 Å². The summed E-state index contributed by atoms with van der Waals surface area (Å²) >= 11 is 12.3. The molecule has 2 unspecified atom stereocenters. The quantitative estimate of drug-likeness (QED) is 0.841. The second-order valence-electron chi connectivity index (χ2n) is 6.60. The Kier molecular flexibility index (Phi) is 4.81. The van der Waals surface area contributed by atoms with E-state index in [1.165, 1.54) is 24.8 Å². The first-order valence-corrected chi connectivity index (χ1v) is 7.81. The molecule has 19 heavy (non-hydrogen) atoms. The van der Waals surface area contributed by atoms with Crippen molar-refractivity contribution in [1.29, 1.82) is 0 Å². The van der Waals surface area contributed by atoms with Crippen molar-refractivity contribution in [3.63, 3.8) is 0 Å². The van der Waals surface area contributed by atoms with E-state index >= 15 is 0 Å². The van der Waals surface area contributed by atoms with Gasteiger partial charge in [0.2, 0.25) is 0 Å². The first-order valence-electron chi connectivity index (χ1n) is 7.05. The van der Waals surface area contributed by atoms with Crippen molar-refractivity contribution in [2.45, 2.75) is 39.5 Å². The number of hydrogen-bond acceptors (Lipinski definition) is 1. The zero-order valence-electron chi connectivity index (χ0n) is 11.8. The molecule has 1 aromatic rings. The number of nitrogens with two attached hydrogens (primary N) is 1. The van der Waals surface area contributed by atoms with Gasteiger partial charge in [0.25, 0.3) is 0 Å². The van der Waals surface area contributed by atoms with Crippen molar-refractivity contribution in [1.82, 2.24) is 0 Å². The lowest BCUT2D eigenvalue weighted by Crippen LogP contribution is -2.35. The molecule has 1 aliphatic rings. The average molecular weight is 300 g/mol. The van der Waals surface area contributed by atoms with E-state index in [1.807, 2.05) is 12.1 Å². The maximum Gasteiger partial charge on any atom is 0.0452 e. The highest BCUT2D eigenvalue weighted by atomic mass is 35.5. The van der Waals surface area contributed by atoms with Crippen LogP contribution in [-0.2, 0) is 6.42 Å². The van der Waals surface area contributed by atoms with E-state index in [-0.39, 0.29) is 0 Å². The normalized spacial score (nSPS) is 26.4. The molecule has 0 aliphatic heterocycles. The van der Waals surface area contributed by atoms with Gasteiger partial charge in [-0.15, -0.1) is 0 Å². The van der Waals surface area contributed by atoms with Gasteiger partial charge in [-0.05, 0) is 67.2 Å². The molecule has 0 radical (unpaired) electrons. The van der Waals surface area contributed by atoms with Crippen molar-refractivity contribution >= 4 is 23.2 Å². The zero-order valence-corrected chi connectivity index (χ0v) is 13.3. The lowest BCUT2D eigenvalue weighted by atomic mass is 9.65. The summed E-state index contributed by atoms with van der Waals surface area (Å²) in [5.41, 5.74) is 7.57. The van der Waals surface area contributed by atoms with Gasteiger partial charge in [0, 0.05) is 10.0 Å². The molecular weight excluding hydrogens is 277 g/mol. The summed E-state index contributed by atoms with van der Waals surface area (Å²) in [6.07, 6.45) is 4.76. The van der Waals surface area contributed by atoms with Gasteiger partial charge in [-0.1, -0.05) is 43.1 Å². The molecule has 0 saturated heterocycles. The van der Waals surface area contributed by atoms with Crippen molar-refractivity contribution < 1.29 is 0 Å². The fraction of sp³-hybridized carbons (Fsp3) is 0.625. The minimum absolute atomic E-state index is 0.426. The van der Waals surface area contributed by atoms with Gasteiger partial charge < -0.3 is 5.73 Å². The molecule has 1 nitrogen and oxygen atoms in total. The Bertz CT molecular complexity index is 442. The van der Waals surface area contributed by atoms with E-state index in [2.05, 4.69) is 19.9 Å². The van der Waals surface area contributed by atoms with Crippen molar-refractivity contribution in [3.05, 3.63) is 33.8 Å². The molecule has 0 spiro atoms. The third-order valence-electron chi connectivity index (χ3n) is 4.47. The number of hydrogen-bond donors (Lipinski definition) is 1. The molecule has 2 N–H and O–H groups in total. The predicted molar refractivity (Wildman–Crippen MR) is 83.8 cm³/mol. The highest BCUT2D eigenvalue weighted by Gasteiger charge is 2.34. The fourth-order valence-corrected chi connectivity index (χ4v) is 3.79. The highest BCUT2D eigenvalue weighted by molar-refractivity contribution is 6.35. The first kappa shape index (κ1) is 15.2. The number of rotatable bonds is 3. The minimum Gasteiger partial charge on any atom is -0.330 e. The molecule has 1 aliphatic carbocycles. The molecule has 1 aromatic carbocycles. The maximum absolute atomic E-state index is 6.30. The van der Waals surface area contributed by atoms with E-state index < -0.39 is 0 Å². The molecule has 0 heterocycles. The first-order chi connectivity index (χ1) is 8.91. The Balaban J connectivity index is 2.14. The van der Waals surface area contributed by atoms with Gasteiger partial charge in [0.15, 0.2) is 0 Å². The third-order valence-corrected chi connectivity index (χ3v) is 5.06. The van der Waals surface area contributed by atoms with Gasteiger partial charge in [0.05, 0.1) is 0 Å². The largest absolute Gasteiger partial charge is 0.330 e. The summed E-state index contributed by atoms with van der Waals surface area (Å²) in [7, 11) is 0. The number of benzene rings is 1. The van der Waals surface area contributed by atoms with Crippen LogP contribution in [0.25, 0.3) is 0 Å². The van der Waals surface area contributed by atoms with E-state index in [4.69, 9.17) is 28.9 Å². The summed E-state index contributed by atoms with van der Waals surface area (Å²) in [6.45, 7) is 5.50. The standard InChI is InChI=1S/C16H23Cl2N/c1-16(2)6-5-12(10-19)13(9-16)7-11-3-4-14(17)8-15(11)18/h3-4,8,12-13H,5-7,9-10,19H2,1-2H3. The smallest absolute Gasteiger partial charge is 0.0452 e. The van der Waals surface area contributed by atoms with Crippen LogP contribution in [0.4, 0.5) is 0 Å². The zero-order chi connectivity index (χ0) is 14.0. The van der Waals surface area contributed by atoms with E-state index in [1.54, 1.807) is 0 Å². The molecule has 106 valence electrons. The van der Waals surface area contributed by atoms with Crippen LogP contribution in [0.15, 0.2) is 18.2 Å². The molecule has 0 amide bonds. The van der Waals surface area contributed by atoms with Gasteiger partial charge in [-0.2, -0.15) is 0 Å². The second kappa shape index (κ2) is 6.03. The van der Waals surface area contributed by atoms with Crippen LogP contribution in [0.2, 0.25) is 10.0 Å². The Morgan fingerprint density at radius 2 is 2.00 bits per heavy atom. The van der Waals surface area contributed by atoms with Crippen LogP contribution in [0.3, 0.4) is 0 Å². The molecule has 2 rings (SSSR count). The van der Waals surface area contributed by atoms with Crippen LogP contribution >= 0.6 is 23.2 Å². The summed E-state index contributed by atoms with van der Waals surface area (Å²) in [6, 6.07) is 5.82. The molecule has 3 heteroatoms. The lowest BCUT2D eigenvalue weighted by molar-refractivity contribution is 0.121. The minimum atomic E-state index is 0.426. The molecule has 2 atom stereocenters. The van der Waals surface area contributed by atoms with Gasteiger partial charge in [-0.3, -0.25) is 0 Å². The second-order valence-corrected chi connectivity index (χ2v) is 7.45. The molecule has 1 fully saturated rings. The summed E-state index contributed by atoms with van der Waals surface area (Å²) in [5, 5.41) is 1.49. The Labute approximate surface area is 126 Å². The molecule has 0 aromatic heterocycles. The third kappa shape index (κ3) is 3.87. The number of halogens is 2. The Hall–Kier alpha value is -0.240. The van der Waals surface area contributed by atoms with E-state index in [0.717, 1.165) is 18.0 Å². The summed E-state index contributed by atoms with van der Waals surface area (Å²) < 4.78 is 0. The highest BCUT2D eigenvalue weighted by Crippen LogP contribution is 2.43. The van der Waals surface area contributed by atoms with Crippen molar-refractivity contribution in [3.8, 4) is 0 Å². The van der Waals surface area contributed by atoms with Crippen LogP contribution in [0, 0.1) is 17.3 Å². The lowest BCUT2D eigenvalue weighted by Gasteiger charge is -2.40. The van der Waals surface area contributed by atoms with Gasteiger partial charge >= 0.3 is 0 Å². The summed E-state index contributed by atoms with van der Waals surface area (Å²) in [4.78, 5) is 0. The molecule has 1 saturated carbocycles. The fourth-order valence-electron chi connectivity index (χ4n) is 3.31. The Morgan fingerprint density at radius 3 is 2.63 bits per heavy atom. The van der Waals surface area contributed by atoms with Crippen LogP contribution in [-0.4, -0.2) is 6.54 Å². The SMILES string of the molecule is CC1(C)CCC(CN)C(Cc2ccc(Cl)cc2Cl)C1. The van der Waals surface area contributed by atoms with Crippen molar-refractivity contribution in [2.24, 2.45) is 23.0 Å². The van der Waals surface area contributed by atoms with Gasteiger partial charge in [-0.25, -0.2) is 0 Å². The Morgan fingerprint density at radius 1 is 1.26 bits per heavy atom. The van der Waals surface area contributed by atoms with Crippen LogP contribution < -0.4 is 5.73 Å². The molecular formula is C16H23Cl2N. The van der Waals surface area contributed by atoms with Gasteiger partial charge in [0.1, 0.15) is 0 Å². The predicted octanol–water partition coefficient (Wildman–Crippen LogP) is 4.94.